The monoisotopic (exact) mass is 317 g/mol. The van der Waals surface area contributed by atoms with Gasteiger partial charge in [0, 0.05) is 0 Å². The molecule has 0 spiro atoms. The van der Waals surface area contributed by atoms with E-state index in [0.29, 0.717) is 10.0 Å². The highest BCUT2D eigenvalue weighted by Crippen LogP contribution is 2.16. The smallest absolute Gasteiger partial charge is 0.328 e. The molecule has 0 radical (unpaired) electrons. The molecular formula is C12H13BrFNO3. The molecule has 0 saturated carbocycles. The van der Waals surface area contributed by atoms with Crippen molar-refractivity contribution in [1.82, 2.24) is 5.32 Å². The Labute approximate surface area is 112 Å². The van der Waals surface area contributed by atoms with E-state index >= 15 is 0 Å². The predicted octanol–water partition coefficient (Wildman–Crippen LogP) is 2.11. The molecule has 18 heavy (non-hydrogen) atoms. The molecule has 0 bridgehead atoms. The van der Waals surface area contributed by atoms with Gasteiger partial charge in [0.1, 0.15) is 11.4 Å². The molecule has 0 saturated heterocycles. The predicted molar refractivity (Wildman–Crippen MR) is 67.7 cm³/mol. The van der Waals surface area contributed by atoms with E-state index in [4.69, 9.17) is 5.11 Å². The van der Waals surface area contributed by atoms with E-state index in [1.807, 2.05) is 0 Å². The summed E-state index contributed by atoms with van der Waals surface area (Å²) < 4.78 is 13.5. The third-order valence-electron chi connectivity index (χ3n) is 2.34. The zero-order valence-corrected chi connectivity index (χ0v) is 11.5. The number of halogens is 2. The van der Waals surface area contributed by atoms with E-state index in [1.165, 1.54) is 26.0 Å². The van der Waals surface area contributed by atoms with Gasteiger partial charge in [0.05, 0.1) is 10.9 Å². The maximum absolute atomic E-state index is 13.2. The largest absolute Gasteiger partial charge is 0.480 e. The fraction of sp³-hybridized carbons (Fsp3) is 0.333. The van der Waals surface area contributed by atoms with Crippen LogP contribution >= 0.6 is 15.9 Å². The van der Waals surface area contributed by atoms with Gasteiger partial charge >= 0.3 is 5.97 Å². The van der Waals surface area contributed by atoms with E-state index < -0.39 is 23.2 Å². The van der Waals surface area contributed by atoms with Crippen molar-refractivity contribution in [2.75, 3.05) is 0 Å². The number of benzene rings is 1. The van der Waals surface area contributed by atoms with E-state index in [9.17, 15) is 14.0 Å². The normalized spacial score (nSPS) is 11.1. The molecule has 0 heterocycles. The molecule has 0 aliphatic heterocycles. The Morgan fingerprint density at radius 3 is 2.56 bits per heavy atom. The Bertz CT molecular complexity index is 488. The number of hydrogen-bond donors (Lipinski definition) is 2. The standard InChI is InChI=1S/C12H13BrFNO3/c1-12(2,11(17)18)15-10(16)6-7-3-4-8(13)9(14)5-7/h3-5H,6H2,1-2H3,(H,15,16)(H,17,18). The maximum Gasteiger partial charge on any atom is 0.328 e. The lowest BCUT2D eigenvalue weighted by molar-refractivity contribution is -0.145. The first-order valence-corrected chi connectivity index (χ1v) is 6.00. The molecule has 1 amide bonds. The summed E-state index contributed by atoms with van der Waals surface area (Å²) in [7, 11) is 0. The van der Waals surface area contributed by atoms with Crippen molar-refractivity contribution in [1.29, 1.82) is 0 Å². The topological polar surface area (TPSA) is 66.4 Å². The fourth-order valence-electron chi connectivity index (χ4n) is 1.28. The summed E-state index contributed by atoms with van der Waals surface area (Å²) in [5.74, 6) is -2.06. The highest BCUT2D eigenvalue weighted by Gasteiger charge is 2.28. The van der Waals surface area contributed by atoms with E-state index in [0.717, 1.165) is 0 Å². The summed E-state index contributed by atoms with van der Waals surface area (Å²) >= 11 is 3.01. The Morgan fingerprint density at radius 2 is 2.06 bits per heavy atom. The van der Waals surface area contributed by atoms with E-state index in [-0.39, 0.29) is 6.42 Å². The summed E-state index contributed by atoms with van der Waals surface area (Å²) in [5, 5.41) is 11.2. The van der Waals surface area contributed by atoms with Crippen LogP contribution in [0.2, 0.25) is 0 Å². The van der Waals surface area contributed by atoms with Gasteiger partial charge in [-0.05, 0) is 47.5 Å². The van der Waals surface area contributed by atoms with Crippen molar-refractivity contribution >= 4 is 27.8 Å². The molecule has 2 N–H and O–H groups in total. The summed E-state index contributed by atoms with van der Waals surface area (Å²) in [5.41, 5.74) is -0.861. The number of aliphatic carboxylic acids is 1. The summed E-state index contributed by atoms with van der Waals surface area (Å²) in [6.45, 7) is 2.77. The summed E-state index contributed by atoms with van der Waals surface area (Å²) in [6.07, 6.45) is -0.0685. The molecule has 0 fully saturated rings. The van der Waals surface area contributed by atoms with Crippen LogP contribution in [0.15, 0.2) is 22.7 Å². The molecule has 6 heteroatoms. The van der Waals surface area contributed by atoms with Crippen LogP contribution in [0.4, 0.5) is 4.39 Å². The van der Waals surface area contributed by atoms with Gasteiger partial charge in [-0.15, -0.1) is 0 Å². The van der Waals surface area contributed by atoms with E-state index in [1.54, 1.807) is 6.07 Å². The van der Waals surface area contributed by atoms with Gasteiger partial charge in [0.25, 0.3) is 0 Å². The molecule has 0 unspecified atom stereocenters. The minimum atomic E-state index is -1.34. The van der Waals surface area contributed by atoms with Crippen LogP contribution in [0.25, 0.3) is 0 Å². The third-order valence-corrected chi connectivity index (χ3v) is 2.98. The number of rotatable bonds is 4. The molecule has 1 aromatic carbocycles. The molecule has 0 atom stereocenters. The Balaban J connectivity index is 2.71. The molecule has 98 valence electrons. The van der Waals surface area contributed by atoms with Crippen LogP contribution in [0.5, 0.6) is 0 Å². The van der Waals surface area contributed by atoms with Gasteiger partial charge < -0.3 is 10.4 Å². The number of carbonyl (C=O) groups excluding carboxylic acids is 1. The number of carboxylic acid groups (broad SMARTS) is 1. The highest BCUT2D eigenvalue weighted by molar-refractivity contribution is 9.10. The first-order valence-electron chi connectivity index (χ1n) is 5.20. The SMILES string of the molecule is CC(C)(NC(=O)Cc1ccc(Br)c(F)c1)C(=O)O. The lowest BCUT2D eigenvalue weighted by Crippen LogP contribution is -2.50. The molecule has 0 aromatic heterocycles. The zero-order chi connectivity index (χ0) is 13.9. The summed E-state index contributed by atoms with van der Waals surface area (Å²) in [6, 6.07) is 4.33. The first-order chi connectivity index (χ1) is 8.22. The van der Waals surface area contributed by atoms with Crippen molar-refractivity contribution < 1.29 is 19.1 Å². The van der Waals surface area contributed by atoms with Gasteiger partial charge in [0.15, 0.2) is 0 Å². The Hall–Kier alpha value is -1.43. The van der Waals surface area contributed by atoms with Crippen LogP contribution in [-0.4, -0.2) is 22.5 Å². The number of carboxylic acids is 1. The zero-order valence-electron chi connectivity index (χ0n) is 9.96. The molecule has 0 aliphatic rings. The van der Waals surface area contributed by atoms with Gasteiger partial charge in [-0.1, -0.05) is 6.07 Å². The van der Waals surface area contributed by atoms with Crippen molar-refractivity contribution in [3.8, 4) is 0 Å². The van der Waals surface area contributed by atoms with Crippen LogP contribution in [0.1, 0.15) is 19.4 Å². The van der Waals surface area contributed by atoms with E-state index in [2.05, 4.69) is 21.2 Å². The Morgan fingerprint density at radius 1 is 1.44 bits per heavy atom. The maximum atomic E-state index is 13.2. The van der Waals surface area contributed by atoms with Crippen molar-refractivity contribution in [2.24, 2.45) is 0 Å². The van der Waals surface area contributed by atoms with Crippen molar-refractivity contribution in [3.63, 3.8) is 0 Å². The highest BCUT2D eigenvalue weighted by atomic mass is 79.9. The second-order valence-corrected chi connectivity index (χ2v) is 5.26. The first kappa shape index (κ1) is 14.6. The third kappa shape index (κ3) is 3.80. The van der Waals surface area contributed by atoms with Gasteiger partial charge in [-0.2, -0.15) is 0 Å². The average Bonchev–Trinajstić information content (AvgIpc) is 2.22. The second kappa shape index (κ2) is 5.48. The fourth-order valence-corrected chi connectivity index (χ4v) is 1.53. The minimum absolute atomic E-state index is 0.0685. The Kier molecular flexibility index (Phi) is 4.45. The second-order valence-electron chi connectivity index (χ2n) is 4.40. The average molecular weight is 318 g/mol. The molecular weight excluding hydrogens is 305 g/mol. The summed E-state index contributed by atoms with van der Waals surface area (Å²) in [4.78, 5) is 22.4. The molecule has 4 nitrogen and oxygen atoms in total. The lowest BCUT2D eigenvalue weighted by atomic mass is 10.1. The number of carbonyl (C=O) groups is 2. The molecule has 1 aromatic rings. The van der Waals surface area contributed by atoms with Gasteiger partial charge in [0.2, 0.25) is 5.91 Å². The quantitative estimate of drug-likeness (QED) is 0.893. The number of hydrogen-bond acceptors (Lipinski definition) is 2. The van der Waals surface area contributed by atoms with Gasteiger partial charge in [-0.25, -0.2) is 9.18 Å². The van der Waals surface area contributed by atoms with Crippen LogP contribution in [0, 0.1) is 5.82 Å². The lowest BCUT2D eigenvalue weighted by Gasteiger charge is -2.20. The molecule has 1 rings (SSSR count). The minimum Gasteiger partial charge on any atom is -0.480 e. The van der Waals surface area contributed by atoms with Crippen molar-refractivity contribution in [2.45, 2.75) is 25.8 Å². The number of amides is 1. The van der Waals surface area contributed by atoms with Gasteiger partial charge in [-0.3, -0.25) is 4.79 Å². The van der Waals surface area contributed by atoms with Crippen LogP contribution in [-0.2, 0) is 16.0 Å². The number of nitrogens with one attached hydrogen (secondary N) is 1. The molecule has 0 aliphatic carbocycles. The van der Waals surface area contributed by atoms with Crippen molar-refractivity contribution in [3.05, 3.63) is 34.1 Å². The van der Waals surface area contributed by atoms with Crippen LogP contribution < -0.4 is 5.32 Å². The van der Waals surface area contributed by atoms with Crippen LogP contribution in [0.3, 0.4) is 0 Å².